The molecule has 0 bridgehead atoms. The van der Waals surface area contributed by atoms with Crippen molar-refractivity contribution in [2.45, 2.75) is 13.5 Å². The van der Waals surface area contributed by atoms with E-state index in [4.69, 9.17) is 9.47 Å². The molecule has 1 aromatic heterocycles. The van der Waals surface area contributed by atoms with Gasteiger partial charge < -0.3 is 14.8 Å². The number of hydrogen-bond donors (Lipinski definition) is 1. The highest BCUT2D eigenvalue weighted by Gasteiger charge is 2.11. The maximum atomic E-state index is 12.4. The van der Waals surface area contributed by atoms with E-state index < -0.39 is 0 Å². The van der Waals surface area contributed by atoms with E-state index >= 15 is 0 Å². The molecule has 1 heterocycles. The standard InChI is InChI=1S/C20H21N3O3/c1-2-23-15-16(14-21-23)20(24)22-18-10-6-7-11-19(18)26-13-12-25-17-8-4-3-5-9-17/h3-11,14-15H,2,12-13H2,1H3,(H,22,24). The van der Waals surface area contributed by atoms with Crippen molar-refractivity contribution in [1.29, 1.82) is 0 Å². The molecule has 0 aliphatic heterocycles. The van der Waals surface area contributed by atoms with Crippen LogP contribution in [0.25, 0.3) is 0 Å². The summed E-state index contributed by atoms with van der Waals surface area (Å²) in [7, 11) is 0. The summed E-state index contributed by atoms with van der Waals surface area (Å²) < 4.78 is 13.1. The summed E-state index contributed by atoms with van der Waals surface area (Å²) in [5, 5.41) is 6.98. The molecular weight excluding hydrogens is 330 g/mol. The van der Waals surface area contributed by atoms with Gasteiger partial charge in [-0.05, 0) is 31.2 Å². The highest BCUT2D eigenvalue weighted by molar-refractivity contribution is 6.04. The Morgan fingerprint density at radius 1 is 1.04 bits per heavy atom. The third-order valence-corrected chi connectivity index (χ3v) is 3.71. The zero-order valence-corrected chi connectivity index (χ0v) is 14.6. The SMILES string of the molecule is CCn1cc(C(=O)Nc2ccccc2OCCOc2ccccc2)cn1. The van der Waals surface area contributed by atoms with Crippen LogP contribution in [0.5, 0.6) is 11.5 Å². The van der Waals surface area contributed by atoms with Gasteiger partial charge in [-0.3, -0.25) is 9.48 Å². The van der Waals surface area contributed by atoms with Gasteiger partial charge in [-0.2, -0.15) is 5.10 Å². The van der Waals surface area contributed by atoms with Crippen molar-refractivity contribution in [3.8, 4) is 11.5 Å². The molecule has 26 heavy (non-hydrogen) atoms. The second kappa shape index (κ2) is 8.71. The fourth-order valence-corrected chi connectivity index (χ4v) is 2.37. The lowest BCUT2D eigenvalue weighted by atomic mass is 10.2. The number of rotatable bonds is 8. The molecule has 0 aliphatic carbocycles. The van der Waals surface area contributed by atoms with Crippen molar-refractivity contribution < 1.29 is 14.3 Å². The van der Waals surface area contributed by atoms with E-state index in [0.29, 0.717) is 36.8 Å². The highest BCUT2D eigenvalue weighted by atomic mass is 16.5. The number of carbonyl (C=O) groups is 1. The molecule has 6 nitrogen and oxygen atoms in total. The molecule has 0 spiro atoms. The fourth-order valence-electron chi connectivity index (χ4n) is 2.37. The summed E-state index contributed by atoms with van der Waals surface area (Å²) in [6, 6.07) is 16.9. The molecule has 1 N–H and O–H groups in total. The van der Waals surface area contributed by atoms with Crippen LogP contribution in [-0.2, 0) is 6.54 Å². The predicted molar refractivity (Wildman–Crippen MR) is 99.7 cm³/mol. The van der Waals surface area contributed by atoms with Gasteiger partial charge in [-0.1, -0.05) is 30.3 Å². The van der Waals surface area contributed by atoms with E-state index in [2.05, 4.69) is 10.4 Å². The lowest BCUT2D eigenvalue weighted by molar-refractivity contribution is 0.102. The van der Waals surface area contributed by atoms with Crippen LogP contribution in [0.3, 0.4) is 0 Å². The van der Waals surface area contributed by atoms with Crippen molar-refractivity contribution in [3.05, 3.63) is 72.6 Å². The van der Waals surface area contributed by atoms with E-state index in [9.17, 15) is 4.79 Å². The minimum absolute atomic E-state index is 0.221. The van der Waals surface area contributed by atoms with Crippen LogP contribution in [0, 0.1) is 0 Å². The van der Waals surface area contributed by atoms with Crippen LogP contribution in [0.1, 0.15) is 17.3 Å². The van der Waals surface area contributed by atoms with Crippen molar-refractivity contribution in [1.82, 2.24) is 9.78 Å². The minimum Gasteiger partial charge on any atom is -0.490 e. The first kappa shape index (κ1) is 17.5. The van der Waals surface area contributed by atoms with Gasteiger partial charge in [-0.25, -0.2) is 0 Å². The van der Waals surface area contributed by atoms with Crippen LogP contribution in [-0.4, -0.2) is 28.9 Å². The Balaban J connectivity index is 1.56. The third kappa shape index (κ3) is 4.63. The monoisotopic (exact) mass is 351 g/mol. The molecule has 3 rings (SSSR count). The van der Waals surface area contributed by atoms with Gasteiger partial charge in [0.05, 0.1) is 17.4 Å². The number of amides is 1. The summed E-state index contributed by atoms with van der Waals surface area (Å²) in [5.74, 6) is 1.17. The Labute approximate surface area is 152 Å². The summed E-state index contributed by atoms with van der Waals surface area (Å²) in [5.41, 5.74) is 1.12. The number of para-hydroxylation sites is 3. The smallest absolute Gasteiger partial charge is 0.258 e. The molecule has 134 valence electrons. The number of nitrogens with zero attached hydrogens (tertiary/aromatic N) is 2. The molecule has 6 heteroatoms. The van der Waals surface area contributed by atoms with Gasteiger partial charge in [0.2, 0.25) is 0 Å². The second-order valence-electron chi connectivity index (χ2n) is 5.54. The van der Waals surface area contributed by atoms with E-state index in [1.165, 1.54) is 0 Å². The van der Waals surface area contributed by atoms with Gasteiger partial charge in [0.1, 0.15) is 24.7 Å². The molecule has 1 amide bonds. The van der Waals surface area contributed by atoms with Gasteiger partial charge >= 0.3 is 0 Å². The maximum absolute atomic E-state index is 12.4. The summed E-state index contributed by atoms with van der Waals surface area (Å²) in [4.78, 5) is 12.4. The molecule has 0 unspecified atom stereocenters. The molecule has 0 fully saturated rings. The zero-order valence-electron chi connectivity index (χ0n) is 14.6. The molecular formula is C20H21N3O3. The van der Waals surface area contributed by atoms with Crippen LogP contribution in [0.15, 0.2) is 67.0 Å². The summed E-state index contributed by atoms with van der Waals surface area (Å²) in [6.07, 6.45) is 3.27. The Kier molecular flexibility index (Phi) is 5.88. The average molecular weight is 351 g/mol. The van der Waals surface area contributed by atoms with Crippen molar-refractivity contribution in [2.24, 2.45) is 0 Å². The van der Waals surface area contributed by atoms with Crippen LogP contribution in [0.4, 0.5) is 5.69 Å². The Hall–Kier alpha value is -3.28. The molecule has 0 radical (unpaired) electrons. The topological polar surface area (TPSA) is 65.4 Å². The minimum atomic E-state index is -0.221. The molecule has 0 saturated carbocycles. The van der Waals surface area contributed by atoms with Crippen molar-refractivity contribution >= 4 is 11.6 Å². The van der Waals surface area contributed by atoms with Crippen LogP contribution in [0.2, 0.25) is 0 Å². The first-order valence-corrected chi connectivity index (χ1v) is 8.49. The number of aromatic nitrogens is 2. The van der Waals surface area contributed by atoms with Crippen LogP contribution < -0.4 is 14.8 Å². The van der Waals surface area contributed by atoms with Crippen molar-refractivity contribution in [3.63, 3.8) is 0 Å². The number of carbonyl (C=O) groups excluding carboxylic acids is 1. The van der Waals surface area contributed by atoms with Gasteiger partial charge in [0.25, 0.3) is 5.91 Å². The number of nitrogens with one attached hydrogen (secondary N) is 1. The number of ether oxygens (including phenoxy) is 2. The number of aryl methyl sites for hydroxylation is 1. The fraction of sp³-hybridized carbons (Fsp3) is 0.200. The van der Waals surface area contributed by atoms with E-state index in [-0.39, 0.29) is 5.91 Å². The molecule has 0 aliphatic rings. The van der Waals surface area contributed by atoms with Gasteiger partial charge in [-0.15, -0.1) is 0 Å². The maximum Gasteiger partial charge on any atom is 0.258 e. The van der Waals surface area contributed by atoms with Gasteiger partial charge in [0, 0.05) is 12.7 Å². The van der Waals surface area contributed by atoms with E-state index in [0.717, 1.165) is 5.75 Å². The lowest BCUT2D eigenvalue weighted by Gasteiger charge is -2.12. The van der Waals surface area contributed by atoms with Gasteiger partial charge in [0.15, 0.2) is 0 Å². The predicted octanol–water partition coefficient (Wildman–Crippen LogP) is 3.61. The molecule has 0 saturated heterocycles. The molecule has 3 aromatic rings. The quantitative estimate of drug-likeness (QED) is 0.630. The Morgan fingerprint density at radius 3 is 2.54 bits per heavy atom. The number of hydrogen-bond acceptors (Lipinski definition) is 4. The third-order valence-electron chi connectivity index (χ3n) is 3.71. The summed E-state index contributed by atoms with van der Waals surface area (Å²) in [6.45, 7) is 3.47. The van der Waals surface area contributed by atoms with Crippen molar-refractivity contribution in [2.75, 3.05) is 18.5 Å². The lowest BCUT2D eigenvalue weighted by Crippen LogP contribution is -2.14. The largest absolute Gasteiger partial charge is 0.490 e. The Morgan fingerprint density at radius 2 is 1.77 bits per heavy atom. The molecule has 2 aromatic carbocycles. The Bertz CT molecular complexity index is 846. The van der Waals surface area contributed by atoms with Crippen LogP contribution >= 0.6 is 0 Å². The van der Waals surface area contributed by atoms with E-state index in [1.54, 1.807) is 23.1 Å². The summed E-state index contributed by atoms with van der Waals surface area (Å²) >= 11 is 0. The first-order valence-electron chi connectivity index (χ1n) is 8.49. The average Bonchev–Trinajstić information content (AvgIpc) is 3.17. The zero-order chi connectivity index (χ0) is 18.2. The number of benzene rings is 2. The highest BCUT2D eigenvalue weighted by Crippen LogP contribution is 2.24. The first-order chi connectivity index (χ1) is 12.8. The molecule has 0 atom stereocenters. The van der Waals surface area contributed by atoms with E-state index in [1.807, 2.05) is 55.5 Å². The number of anilines is 1. The second-order valence-corrected chi connectivity index (χ2v) is 5.54. The normalized spacial score (nSPS) is 10.3.